The lowest BCUT2D eigenvalue weighted by atomic mass is 9.89. The molecular weight excluding hydrogens is 775 g/mol. The SMILES string of the molecule is c1ccc(-c2cc(-c3ccc(N(c4ccc(-c5cccc6c5oc5c(-c7ccccc7)cccc56)cc4)c4ccc5ccccc5c4)cc3)ccc2-c2cccc3ccccc23)cc1. The number of nitrogens with zero attached hydrogens (tertiary/aromatic N) is 1. The molecule has 1 heterocycles. The van der Waals surface area contributed by atoms with Crippen LogP contribution in [0.25, 0.3) is 99.1 Å². The standard InChI is InChI=1S/C62H41NO/c1-3-15-45(16-4-1)54-23-12-26-58-59-27-13-24-55(62(59)64-61(54)58)47-31-36-51(37-32-47)63(52-38-30-42-14-7-8-20-48(42)40-52)50-34-28-43(29-35-50)49-33-39-57(60(41-49)46-17-5-2-6-18-46)56-25-11-21-44-19-9-10-22-53(44)56/h1-41H. The van der Waals surface area contributed by atoms with Crippen LogP contribution in [0.1, 0.15) is 0 Å². The summed E-state index contributed by atoms with van der Waals surface area (Å²) in [5, 5.41) is 7.15. The van der Waals surface area contributed by atoms with Crippen molar-refractivity contribution >= 4 is 60.5 Å². The summed E-state index contributed by atoms with van der Waals surface area (Å²) in [4.78, 5) is 2.35. The first kappa shape index (κ1) is 37.3. The van der Waals surface area contributed by atoms with E-state index in [9.17, 15) is 0 Å². The lowest BCUT2D eigenvalue weighted by Gasteiger charge is -2.26. The van der Waals surface area contributed by atoms with Crippen molar-refractivity contribution in [3.8, 4) is 55.6 Å². The fraction of sp³-hybridized carbons (Fsp3) is 0. The van der Waals surface area contributed by atoms with Gasteiger partial charge in [-0.2, -0.15) is 0 Å². The van der Waals surface area contributed by atoms with Gasteiger partial charge >= 0.3 is 0 Å². The lowest BCUT2D eigenvalue weighted by Crippen LogP contribution is -2.09. The van der Waals surface area contributed by atoms with Gasteiger partial charge in [0, 0.05) is 39.0 Å². The van der Waals surface area contributed by atoms with E-state index < -0.39 is 0 Å². The molecule has 2 heteroatoms. The Morgan fingerprint density at radius 2 is 0.703 bits per heavy atom. The normalized spacial score (nSPS) is 11.4. The second kappa shape index (κ2) is 15.8. The van der Waals surface area contributed by atoms with Crippen LogP contribution in [0.15, 0.2) is 253 Å². The molecule has 0 bridgehead atoms. The van der Waals surface area contributed by atoms with Gasteiger partial charge in [0.1, 0.15) is 11.2 Å². The molecule has 0 aliphatic heterocycles. The number of fused-ring (bicyclic) bond motifs is 5. The van der Waals surface area contributed by atoms with E-state index in [0.29, 0.717) is 0 Å². The first-order chi connectivity index (χ1) is 31.7. The molecule has 64 heavy (non-hydrogen) atoms. The zero-order valence-electron chi connectivity index (χ0n) is 35.0. The minimum atomic E-state index is 0.899. The number of para-hydroxylation sites is 2. The van der Waals surface area contributed by atoms with Gasteiger partial charge in [-0.3, -0.25) is 0 Å². The highest BCUT2D eigenvalue weighted by Crippen LogP contribution is 2.43. The Hall–Kier alpha value is -8.46. The molecule has 0 spiro atoms. The second-order valence-corrected chi connectivity index (χ2v) is 16.4. The quantitative estimate of drug-likeness (QED) is 0.152. The Bertz CT molecular complexity index is 3640. The molecule has 0 aliphatic rings. The second-order valence-electron chi connectivity index (χ2n) is 16.4. The number of anilines is 3. The first-order valence-electron chi connectivity index (χ1n) is 21.9. The molecule has 11 aromatic carbocycles. The zero-order valence-corrected chi connectivity index (χ0v) is 35.0. The van der Waals surface area contributed by atoms with Gasteiger partial charge in [-0.15, -0.1) is 0 Å². The molecule has 0 saturated heterocycles. The Kier molecular flexibility index (Phi) is 9.20. The van der Waals surface area contributed by atoms with Gasteiger partial charge in [-0.1, -0.05) is 206 Å². The highest BCUT2D eigenvalue weighted by atomic mass is 16.3. The van der Waals surface area contributed by atoms with Gasteiger partial charge in [0.05, 0.1) is 0 Å². The Morgan fingerprint density at radius 3 is 1.38 bits per heavy atom. The van der Waals surface area contributed by atoms with Crippen LogP contribution in [-0.4, -0.2) is 0 Å². The van der Waals surface area contributed by atoms with Crippen molar-refractivity contribution in [3.63, 3.8) is 0 Å². The smallest absolute Gasteiger partial charge is 0.143 e. The van der Waals surface area contributed by atoms with Crippen LogP contribution in [0.3, 0.4) is 0 Å². The lowest BCUT2D eigenvalue weighted by molar-refractivity contribution is 0.671. The number of furan rings is 1. The molecule has 0 unspecified atom stereocenters. The molecule has 0 saturated carbocycles. The minimum absolute atomic E-state index is 0.899. The van der Waals surface area contributed by atoms with E-state index in [-0.39, 0.29) is 0 Å². The maximum atomic E-state index is 6.80. The van der Waals surface area contributed by atoms with E-state index in [1.165, 1.54) is 49.4 Å². The highest BCUT2D eigenvalue weighted by molar-refractivity contribution is 6.13. The average molecular weight is 816 g/mol. The zero-order chi connectivity index (χ0) is 42.4. The van der Waals surface area contributed by atoms with Crippen molar-refractivity contribution in [2.45, 2.75) is 0 Å². The van der Waals surface area contributed by atoms with Crippen molar-refractivity contribution < 1.29 is 4.42 Å². The third-order valence-electron chi connectivity index (χ3n) is 12.7. The molecule has 0 atom stereocenters. The number of hydrogen-bond acceptors (Lipinski definition) is 2. The molecule has 2 nitrogen and oxygen atoms in total. The fourth-order valence-electron chi connectivity index (χ4n) is 9.52. The Balaban J connectivity index is 0.935. The average Bonchev–Trinajstić information content (AvgIpc) is 3.76. The minimum Gasteiger partial charge on any atom is -0.455 e. The maximum Gasteiger partial charge on any atom is 0.143 e. The van der Waals surface area contributed by atoms with E-state index in [4.69, 9.17) is 4.42 Å². The van der Waals surface area contributed by atoms with E-state index in [1.807, 2.05) is 0 Å². The van der Waals surface area contributed by atoms with Crippen LogP contribution < -0.4 is 4.90 Å². The Labute approximate surface area is 372 Å². The molecule has 12 rings (SSSR count). The van der Waals surface area contributed by atoms with E-state index in [2.05, 4.69) is 254 Å². The van der Waals surface area contributed by atoms with Crippen molar-refractivity contribution in [1.82, 2.24) is 0 Å². The van der Waals surface area contributed by atoms with E-state index >= 15 is 0 Å². The number of hydrogen-bond donors (Lipinski definition) is 0. The van der Waals surface area contributed by atoms with Crippen molar-refractivity contribution in [2.24, 2.45) is 0 Å². The summed E-state index contributed by atoms with van der Waals surface area (Å²) in [6, 6.07) is 89.5. The summed E-state index contributed by atoms with van der Waals surface area (Å²) in [7, 11) is 0. The van der Waals surface area contributed by atoms with Gasteiger partial charge in [0.15, 0.2) is 0 Å². The monoisotopic (exact) mass is 815 g/mol. The maximum absolute atomic E-state index is 6.80. The molecule has 12 aromatic rings. The van der Waals surface area contributed by atoms with Crippen LogP contribution in [-0.2, 0) is 0 Å². The van der Waals surface area contributed by atoms with E-state index in [0.717, 1.165) is 66.8 Å². The molecule has 1 aromatic heterocycles. The summed E-state index contributed by atoms with van der Waals surface area (Å²) in [5.74, 6) is 0. The summed E-state index contributed by atoms with van der Waals surface area (Å²) in [6.45, 7) is 0. The van der Waals surface area contributed by atoms with Gasteiger partial charge < -0.3 is 9.32 Å². The van der Waals surface area contributed by atoms with Crippen molar-refractivity contribution in [2.75, 3.05) is 4.90 Å². The third-order valence-corrected chi connectivity index (χ3v) is 12.7. The molecule has 0 fully saturated rings. The molecule has 300 valence electrons. The van der Waals surface area contributed by atoms with Gasteiger partial charge in [0.2, 0.25) is 0 Å². The van der Waals surface area contributed by atoms with Crippen molar-refractivity contribution in [3.05, 3.63) is 249 Å². The van der Waals surface area contributed by atoms with Gasteiger partial charge in [0.25, 0.3) is 0 Å². The summed E-state index contributed by atoms with van der Waals surface area (Å²) in [5.41, 5.74) is 16.7. The molecule has 0 N–H and O–H groups in total. The number of rotatable bonds is 8. The molecule has 0 aliphatic carbocycles. The van der Waals surface area contributed by atoms with Crippen LogP contribution >= 0.6 is 0 Å². The van der Waals surface area contributed by atoms with Gasteiger partial charge in [-0.05, 0) is 109 Å². The molecule has 0 amide bonds. The van der Waals surface area contributed by atoms with E-state index in [1.54, 1.807) is 0 Å². The fourth-order valence-corrected chi connectivity index (χ4v) is 9.52. The van der Waals surface area contributed by atoms with Crippen LogP contribution in [0.4, 0.5) is 17.1 Å². The largest absolute Gasteiger partial charge is 0.455 e. The number of benzene rings is 11. The Morgan fingerprint density at radius 1 is 0.234 bits per heavy atom. The van der Waals surface area contributed by atoms with Crippen LogP contribution in [0, 0.1) is 0 Å². The predicted octanol–water partition coefficient (Wildman–Crippen LogP) is 17.7. The van der Waals surface area contributed by atoms with Gasteiger partial charge in [-0.25, -0.2) is 0 Å². The molecular formula is C62H41NO. The summed E-state index contributed by atoms with van der Waals surface area (Å²) in [6.07, 6.45) is 0. The van der Waals surface area contributed by atoms with Crippen molar-refractivity contribution in [1.29, 1.82) is 0 Å². The third kappa shape index (κ3) is 6.61. The summed E-state index contributed by atoms with van der Waals surface area (Å²) < 4.78 is 6.80. The molecule has 0 radical (unpaired) electrons. The summed E-state index contributed by atoms with van der Waals surface area (Å²) >= 11 is 0. The predicted molar refractivity (Wildman–Crippen MR) is 271 cm³/mol. The van der Waals surface area contributed by atoms with Crippen LogP contribution in [0.5, 0.6) is 0 Å². The highest BCUT2D eigenvalue weighted by Gasteiger charge is 2.19. The van der Waals surface area contributed by atoms with Crippen LogP contribution in [0.2, 0.25) is 0 Å². The topological polar surface area (TPSA) is 16.4 Å². The first-order valence-corrected chi connectivity index (χ1v) is 21.9.